The van der Waals surface area contributed by atoms with Crippen LogP contribution >= 0.6 is 11.6 Å². The van der Waals surface area contributed by atoms with Gasteiger partial charge in [0.1, 0.15) is 12.4 Å². The van der Waals surface area contributed by atoms with Crippen LogP contribution in [0.15, 0.2) is 48.5 Å². The third kappa shape index (κ3) is 5.95. The molecular formula is C21H26ClNO3. The van der Waals surface area contributed by atoms with Gasteiger partial charge in [-0.05, 0) is 48.2 Å². The molecule has 0 saturated heterocycles. The van der Waals surface area contributed by atoms with Crippen molar-refractivity contribution in [3.8, 4) is 5.75 Å². The Morgan fingerprint density at radius 2 is 1.81 bits per heavy atom. The Morgan fingerprint density at radius 1 is 1.12 bits per heavy atom. The Hall–Kier alpha value is -2.20. The molecule has 2 rings (SSSR count). The maximum Gasteiger partial charge on any atom is 0.513 e. The lowest BCUT2D eigenvalue weighted by molar-refractivity contribution is 0.101. The molecule has 0 heterocycles. The van der Waals surface area contributed by atoms with Gasteiger partial charge in [0.2, 0.25) is 0 Å². The molecule has 2 aromatic rings. The minimum Gasteiger partial charge on any atom is -0.432 e. The molecule has 26 heavy (non-hydrogen) atoms. The Morgan fingerprint density at radius 3 is 2.38 bits per heavy atom. The second kappa shape index (κ2) is 8.95. The first-order chi connectivity index (χ1) is 12.3. The zero-order valence-electron chi connectivity index (χ0n) is 15.8. The van der Waals surface area contributed by atoms with E-state index in [2.05, 4.69) is 25.7 Å². The van der Waals surface area contributed by atoms with E-state index in [9.17, 15) is 4.79 Å². The molecule has 0 unspecified atom stereocenters. The Balaban J connectivity index is 1.83. The molecule has 0 radical (unpaired) electrons. The second-order valence-corrected chi connectivity index (χ2v) is 7.47. The largest absolute Gasteiger partial charge is 0.513 e. The fraction of sp³-hybridized carbons (Fsp3) is 0.381. The van der Waals surface area contributed by atoms with Gasteiger partial charge in [-0.25, -0.2) is 4.79 Å². The Bertz CT molecular complexity index is 723. The highest BCUT2D eigenvalue weighted by Gasteiger charge is 2.14. The number of nitrogens with zero attached hydrogens (tertiary/aromatic N) is 1. The first-order valence-corrected chi connectivity index (χ1v) is 9.13. The van der Waals surface area contributed by atoms with Crippen molar-refractivity contribution in [1.29, 1.82) is 0 Å². The second-order valence-electron chi connectivity index (χ2n) is 7.03. The van der Waals surface area contributed by atoms with Crippen LogP contribution in [-0.4, -0.2) is 25.9 Å². The van der Waals surface area contributed by atoms with Gasteiger partial charge in [0, 0.05) is 17.3 Å². The zero-order chi connectivity index (χ0) is 19.2. The SMILES string of the molecule is CCN(CCOC(=O)Oc1ccc(C(C)(C)C)cc1)c1cccc(Cl)c1. The molecule has 0 aliphatic carbocycles. The summed E-state index contributed by atoms with van der Waals surface area (Å²) in [5.74, 6) is 0.477. The predicted octanol–water partition coefficient (Wildman–Crippen LogP) is 5.68. The van der Waals surface area contributed by atoms with Crippen molar-refractivity contribution in [1.82, 2.24) is 0 Å². The van der Waals surface area contributed by atoms with E-state index in [0.717, 1.165) is 12.2 Å². The van der Waals surface area contributed by atoms with E-state index in [1.54, 1.807) is 12.1 Å². The quantitative estimate of drug-likeness (QED) is 0.481. The summed E-state index contributed by atoms with van der Waals surface area (Å²) in [6.07, 6.45) is -0.698. The maximum atomic E-state index is 11.9. The van der Waals surface area contributed by atoms with Gasteiger partial charge in [-0.1, -0.05) is 50.6 Å². The summed E-state index contributed by atoms with van der Waals surface area (Å²) in [5.41, 5.74) is 2.23. The molecule has 0 aliphatic rings. The van der Waals surface area contributed by atoms with Crippen LogP contribution in [0.3, 0.4) is 0 Å². The number of ether oxygens (including phenoxy) is 2. The van der Waals surface area contributed by atoms with E-state index < -0.39 is 6.16 Å². The number of carbonyl (C=O) groups is 1. The van der Waals surface area contributed by atoms with E-state index in [0.29, 0.717) is 17.3 Å². The van der Waals surface area contributed by atoms with Crippen LogP contribution in [0.2, 0.25) is 5.02 Å². The fourth-order valence-corrected chi connectivity index (χ4v) is 2.71. The topological polar surface area (TPSA) is 38.8 Å². The van der Waals surface area contributed by atoms with E-state index in [-0.39, 0.29) is 12.0 Å². The summed E-state index contributed by atoms with van der Waals surface area (Å²) in [7, 11) is 0. The lowest BCUT2D eigenvalue weighted by Gasteiger charge is -2.23. The lowest BCUT2D eigenvalue weighted by atomic mass is 9.87. The Labute approximate surface area is 160 Å². The minimum absolute atomic E-state index is 0.0585. The van der Waals surface area contributed by atoms with Gasteiger partial charge in [0.25, 0.3) is 0 Å². The van der Waals surface area contributed by atoms with Crippen LogP contribution in [-0.2, 0) is 10.2 Å². The van der Waals surface area contributed by atoms with Crippen LogP contribution in [0.1, 0.15) is 33.3 Å². The average molecular weight is 376 g/mol. The molecule has 2 aromatic carbocycles. The van der Waals surface area contributed by atoms with Crippen molar-refractivity contribution in [3.05, 3.63) is 59.1 Å². The summed E-state index contributed by atoms with van der Waals surface area (Å²) in [4.78, 5) is 14.0. The normalized spacial score (nSPS) is 11.1. The summed E-state index contributed by atoms with van der Waals surface area (Å²) < 4.78 is 10.4. The van der Waals surface area contributed by atoms with E-state index in [4.69, 9.17) is 21.1 Å². The van der Waals surface area contributed by atoms with Gasteiger partial charge in [-0.3, -0.25) is 0 Å². The molecular weight excluding hydrogens is 350 g/mol. The van der Waals surface area contributed by atoms with Crippen molar-refractivity contribution in [2.24, 2.45) is 0 Å². The molecule has 4 nitrogen and oxygen atoms in total. The van der Waals surface area contributed by atoms with Gasteiger partial charge >= 0.3 is 6.16 Å². The summed E-state index contributed by atoms with van der Waals surface area (Å²) >= 11 is 6.03. The van der Waals surface area contributed by atoms with E-state index in [1.165, 1.54) is 5.56 Å². The number of halogens is 1. The highest BCUT2D eigenvalue weighted by atomic mass is 35.5. The number of anilines is 1. The Kier molecular flexibility index (Phi) is 6.92. The first-order valence-electron chi connectivity index (χ1n) is 8.75. The van der Waals surface area contributed by atoms with Crippen LogP contribution in [0.4, 0.5) is 10.5 Å². The average Bonchev–Trinajstić information content (AvgIpc) is 2.58. The van der Waals surface area contributed by atoms with Crippen molar-refractivity contribution in [2.45, 2.75) is 33.1 Å². The molecule has 0 aromatic heterocycles. The number of hydrogen-bond acceptors (Lipinski definition) is 4. The van der Waals surface area contributed by atoms with Crippen molar-refractivity contribution in [2.75, 3.05) is 24.6 Å². The summed E-state index contributed by atoms with van der Waals surface area (Å²) in [6, 6.07) is 15.1. The number of benzene rings is 2. The van der Waals surface area contributed by atoms with Crippen molar-refractivity contribution < 1.29 is 14.3 Å². The standard InChI is InChI=1S/C21H26ClNO3/c1-5-23(18-8-6-7-17(22)15-18)13-14-25-20(24)26-19-11-9-16(10-12-19)21(2,3)4/h6-12,15H,5,13-14H2,1-4H3. The molecule has 0 fully saturated rings. The van der Waals surface area contributed by atoms with Crippen molar-refractivity contribution in [3.63, 3.8) is 0 Å². The summed E-state index contributed by atoms with van der Waals surface area (Å²) in [6.45, 7) is 10.0. The molecule has 5 heteroatoms. The van der Waals surface area contributed by atoms with E-state index in [1.807, 2.05) is 43.3 Å². The third-order valence-corrected chi connectivity index (χ3v) is 4.29. The van der Waals surface area contributed by atoms with Crippen LogP contribution < -0.4 is 9.64 Å². The number of rotatable bonds is 6. The molecule has 0 amide bonds. The lowest BCUT2D eigenvalue weighted by Crippen LogP contribution is -2.28. The van der Waals surface area contributed by atoms with Gasteiger partial charge in [0.15, 0.2) is 0 Å². The predicted molar refractivity (Wildman–Crippen MR) is 106 cm³/mol. The molecule has 0 atom stereocenters. The summed E-state index contributed by atoms with van der Waals surface area (Å²) in [5, 5.41) is 0.681. The zero-order valence-corrected chi connectivity index (χ0v) is 16.5. The molecule has 0 saturated carbocycles. The molecule has 0 spiro atoms. The van der Waals surface area contributed by atoms with Gasteiger partial charge < -0.3 is 14.4 Å². The van der Waals surface area contributed by atoms with Crippen LogP contribution in [0.25, 0.3) is 0 Å². The monoisotopic (exact) mass is 375 g/mol. The van der Waals surface area contributed by atoms with Crippen molar-refractivity contribution >= 4 is 23.4 Å². The van der Waals surface area contributed by atoms with Crippen LogP contribution in [0.5, 0.6) is 5.75 Å². The number of likely N-dealkylation sites (N-methyl/N-ethyl adjacent to an activating group) is 1. The van der Waals surface area contributed by atoms with Gasteiger partial charge in [-0.2, -0.15) is 0 Å². The highest BCUT2D eigenvalue weighted by Crippen LogP contribution is 2.24. The first kappa shape index (κ1) is 20.1. The fourth-order valence-electron chi connectivity index (χ4n) is 2.53. The molecule has 0 N–H and O–H groups in total. The molecule has 140 valence electrons. The minimum atomic E-state index is -0.698. The maximum absolute atomic E-state index is 11.9. The molecule has 0 bridgehead atoms. The van der Waals surface area contributed by atoms with Crippen LogP contribution in [0, 0.1) is 0 Å². The smallest absolute Gasteiger partial charge is 0.432 e. The van der Waals surface area contributed by atoms with Gasteiger partial charge in [-0.15, -0.1) is 0 Å². The highest BCUT2D eigenvalue weighted by molar-refractivity contribution is 6.30. The molecule has 0 aliphatic heterocycles. The van der Waals surface area contributed by atoms with Gasteiger partial charge in [0.05, 0.1) is 6.54 Å². The number of carbonyl (C=O) groups excluding carboxylic acids is 1. The van der Waals surface area contributed by atoms with E-state index >= 15 is 0 Å². The number of hydrogen-bond donors (Lipinski definition) is 0. The third-order valence-electron chi connectivity index (χ3n) is 4.06.